The monoisotopic (exact) mass is 456 g/mol. The maximum atomic E-state index is 13.1. The van der Waals surface area contributed by atoms with E-state index in [9.17, 15) is 4.79 Å². The van der Waals surface area contributed by atoms with E-state index in [0.29, 0.717) is 30.5 Å². The van der Waals surface area contributed by atoms with Gasteiger partial charge in [0.1, 0.15) is 17.3 Å². The number of carbonyl (C=O) groups excluding carboxylic acids is 1. The van der Waals surface area contributed by atoms with E-state index in [1.807, 2.05) is 24.4 Å². The van der Waals surface area contributed by atoms with Crippen molar-refractivity contribution in [3.05, 3.63) is 41.5 Å². The van der Waals surface area contributed by atoms with Crippen LogP contribution in [0.2, 0.25) is 0 Å². The number of benzene rings is 1. The van der Waals surface area contributed by atoms with Gasteiger partial charge < -0.3 is 24.1 Å². The van der Waals surface area contributed by atoms with Crippen molar-refractivity contribution in [3.8, 4) is 11.5 Å². The van der Waals surface area contributed by atoms with Gasteiger partial charge >= 0.3 is 0 Å². The lowest BCUT2D eigenvalue weighted by Crippen LogP contribution is -2.41. The Morgan fingerprint density at radius 2 is 1.94 bits per heavy atom. The molecule has 8 nitrogen and oxygen atoms in total. The summed E-state index contributed by atoms with van der Waals surface area (Å²) in [5.41, 5.74) is 2.07. The van der Waals surface area contributed by atoms with Crippen molar-refractivity contribution in [2.45, 2.75) is 44.6 Å². The third kappa shape index (κ3) is 5.68. The number of aryl methyl sites for hydroxylation is 1. The number of aromatic nitrogens is 2. The fourth-order valence-electron chi connectivity index (χ4n) is 4.91. The predicted octanol–water partition coefficient (Wildman–Crippen LogP) is 2.77. The number of ether oxygens (including phenoxy) is 3. The van der Waals surface area contributed by atoms with Crippen LogP contribution in [0.5, 0.6) is 11.5 Å². The first-order valence-electron chi connectivity index (χ1n) is 11.9. The van der Waals surface area contributed by atoms with E-state index in [2.05, 4.69) is 21.7 Å². The summed E-state index contributed by atoms with van der Waals surface area (Å²) in [5, 5.41) is 3.13. The molecule has 2 aliphatic rings. The van der Waals surface area contributed by atoms with Crippen molar-refractivity contribution in [2.75, 3.05) is 53.6 Å². The van der Waals surface area contributed by atoms with Crippen LogP contribution in [0.15, 0.2) is 24.4 Å². The van der Waals surface area contributed by atoms with Crippen molar-refractivity contribution >= 4 is 5.91 Å². The molecular weight excluding hydrogens is 420 g/mol. The SMILES string of the molecule is COc1cc(OC)cc(C(CC(=O)NCCN2CCOCC2)c2cnc3n2C(C)CCC3)c1. The van der Waals surface area contributed by atoms with E-state index in [-0.39, 0.29) is 11.8 Å². The van der Waals surface area contributed by atoms with Gasteiger partial charge in [0.25, 0.3) is 0 Å². The molecule has 4 rings (SSSR count). The molecule has 8 heteroatoms. The summed E-state index contributed by atoms with van der Waals surface area (Å²) < 4.78 is 18.8. The highest BCUT2D eigenvalue weighted by atomic mass is 16.5. The molecule has 1 saturated heterocycles. The topological polar surface area (TPSA) is 77.8 Å². The van der Waals surface area contributed by atoms with Crippen LogP contribution in [0, 0.1) is 0 Å². The van der Waals surface area contributed by atoms with Crippen molar-refractivity contribution < 1.29 is 19.0 Å². The van der Waals surface area contributed by atoms with Crippen LogP contribution in [0.1, 0.15) is 55.2 Å². The summed E-state index contributed by atoms with van der Waals surface area (Å²) >= 11 is 0. The second-order valence-corrected chi connectivity index (χ2v) is 8.92. The Hall–Kier alpha value is -2.58. The Morgan fingerprint density at radius 3 is 2.64 bits per heavy atom. The zero-order chi connectivity index (χ0) is 23.2. The number of carbonyl (C=O) groups is 1. The molecule has 3 heterocycles. The molecule has 1 amide bonds. The molecule has 1 fully saturated rings. The Balaban J connectivity index is 1.56. The van der Waals surface area contributed by atoms with Crippen LogP contribution in [-0.4, -0.2) is 74.0 Å². The fraction of sp³-hybridized carbons (Fsp3) is 0.600. The highest BCUT2D eigenvalue weighted by molar-refractivity contribution is 5.77. The first-order valence-corrected chi connectivity index (χ1v) is 11.9. The minimum atomic E-state index is -0.140. The predicted molar refractivity (Wildman–Crippen MR) is 126 cm³/mol. The van der Waals surface area contributed by atoms with E-state index in [4.69, 9.17) is 19.2 Å². The molecule has 2 aliphatic heterocycles. The third-order valence-electron chi connectivity index (χ3n) is 6.74. The van der Waals surface area contributed by atoms with E-state index >= 15 is 0 Å². The lowest BCUT2D eigenvalue weighted by molar-refractivity contribution is -0.121. The molecule has 1 aromatic carbocycles. The number of hydrogen-bond acceptors (Lipinski definition) is 6. The van der Waals surface area contributed by atoms with Gasteiger partial charge in [-0.3, -0.25) is 9.69 Å². The van der Waals surface area contributed by atoms with Crippen molar-refractivity contribution in [1.29, 1.82) is 0 Å². The Labute approximate surface area is 196 Å². The number of nitrogens with one attached hydrogen (secondary N) is 1. The summed E-state index contributed by atoms with van der Waals surface area (Å²) in [5.74, 6) is 2.44. The number of nitrogens with zero attached hydrogens (tertiary/aromatic N) is 3. The largest absolute Gasteiger partial charge is 0.497 e. The highest BCUT2D eigenvalue weighted by Gasteiger charge is 2.28. The smallest absolute Gasteiger partial charge is 0.221 e. The van der Waals surface area contributed by atoms with Crippen molar-refractivity contribution in [1.82, 2.24) is 19.8 Å². The molecule has 1 aromatic heterocycles. The number of fused-ring (bicyclic) bond motifs is 1. The molecule has 0 saturated carbocycles. The average molecular weight is 457 g/mol. The number of rotatable bonds is 9. The van der Waals surface area contributed by atoms with E-state index in [1.54, 1.807) is 14.2 Å². The molecule has 0 spiro atoms. The summed E-state index contributed by atoms with van der Waals surface area (Å²) in [7, 11) is 3.29. The van der Waals surface area contributed by atoms with Crippen LogP contribution < -0.4 is 14.8 Å². The molecule has 180 valence electrons. The Morgan fingerprint density at radius 1 is 1.21 bits per heavy atom. The first-order chi connectivity index (χ1) is 16.1. The number of imidazole rings is 1. The molecule has 33 heavy (non-hydrogen) atoms. The number of hydrogen-bond donors (Lipinski definition) is 1. The normalized spacial score (nSPS) is 19.5. The van der Waals surface area contributed by atoms with Crippen molar-refractivity contribution in [2.24, 2.45) is 0 Å². The Bertz CT molecular complexity index is 916. The summed E-state index contributed by atoms with van der Waals surface area (Å²) in [6.07, 6.45) is 5.55. The minimum Gasteiger partial charge on any atom is -0.497 e. The maximum Gasteiger partial charge on any atom is 0.221 e. The second-order valence-electron chi connectivity index (χ2n) is 8.92. The summed E-state index contributed by atoms with van der Waals surface area (Å²) in [6.45, 7) is 7.07. The zero-order valence-electron chi connectivity index (χ0n) is 20.0. The lowest BCUT2D eigenvalue weighted by Gasteiger charge is -2.28. The van der Waals surface area contributed by atoms with E-state index < -0.39 is 0 Å². The van der Waals surface area contributed by atoms with Crippen molar-refractivity contribution in [3.63, 3.8) is 0 Å². The van der Waals surface area contributed by atoms with Gasteiger partial charge in [-0.15, -0.1) is 0 Å². The molecule has 2 atom stereocenters. The molecular formula is C25H36N4O4. The average Bonchev–Trinajstić information content (AvgIpc) is 3.28. The van der Waals surface area contributed by atoms with Gasteiger partial charge in [-0.25, -0.2) is 4.98 Å². The summed E-state index contributed by atoms with van der Waals surface area (Å²) in [4.78, 5) is 20.1. The van der Waals surface area contributed by atoms with Gasteiger partial charge in [0, 0.05) is 68.9 Å². The quantitative estimate of drug-likeness (QED) is 0.625. The van der Waals surface area contributed by atoms with Crippen LogP contribution >= 0.6 is 0 Å². The fourth-order valence-corrected chi connectivity index (χ4v) is 4.91. The second kappa shape index (κ2) is 11.0. The molecule has 1 N–H and O–H groups in total. The Kier molecular flexibility index (Phi) is 7.88. The number of amides is 1. The highest BCUT2D eigenvalue weighted by Crippen LogP contribution is 2.37. The zero-order valence-corrected chi connectivity index (χ0v) is 20.0. The molecule has 2 aromatic rings. The van der Waals surface area contributed by atoms with Crippen LogP contribution in [0.25, 0.3) is 0 Å². The van der Waals surface area contributed by atoms with Gasteiger partial charge in [0.05, 0.1) is 27.4 Å². The maximum absolute atomic E-state index is 13.1. The van der Waals surface area contributed by atoms with E-state index in [0.717, 1.165) is 69.2 Å². The van der Waals surface area contributed by atoms with Crippen LogP contribution in [-0.2, 0) is 16.0 Å². The number of morpholine rings is 1. The molecule has 0 bridgehead atoms. The van der Waals surface area contributed by atoms with Crippen LogP contribution in [0.3, 0.4) is 0 Å². The molecule has 0 radical (unpaired) electrons. The standard InChI is InChI=1S/C25H36N4O4/c1-18-5-4-6-24-27-17-23(29(18)24)22(19-13-20(31-2)15-21(14-19)32-3)16-25(30)26-7-8-28-9-11-33-12-10-28/h13-15,17-18,22H,4-12,16H2,1-3H3,(H,26,30). The van der Waals surface area contributed by atoms with E-state index in [1.165, 1.54) is 0 Å². The molecule has 0 aliphatic carbocycles. The minimum absolute atomic E-state index is 0.0362. The van der Waals surface area contributed by atoms with Gasteiger partial charge in [-0.2, -0.15) is 0 Å². The van der Waals surface area contributed by atoms with Crippen LogP contribution in [0.4, 0.5) is 0 Å². The number of methoxy groups -OCH3 is 2. The molecule has 2 unspecified atom stereocenters. The van der Waals surface area contributed by atoms with Gasteiger partial charge in [-0.1, -0.05) is 0 Å². The third-order valence-corrected chi connectivity index (χ3v) is 6.74. The van der Waals surface area contributed by atoms with Gasteiger partial charge in [-0.05, 0) is 37.5 Å². The summed E-state index contributed by atoms with van der Waals surface area (Å²) in [6, 6.07) is 6.23. The lowest BCUT2D eigenvalue weighted by atomic mass is 9.91. The van der Waals surface area contributed by atoms with Gasteiger partial charge in [0.2, 0.25) is 5.91 Å². The first kappa shape index (κ1) is 23.6. The van der Waals surface area contributed by atoms with Gasteiger partial charge in [0.15, 0.2) is 0 Å².